The Morgan fingerprint density at radius 3 is 2.69 bits per heavy atom. The number of unbranched alkanes of at least 4 members (excludes halogenated alkanes) is 1. The zero-order chi connectivity index (χ0) is 25.2. The highest BCUT2D eigenvalue weighted by atomic mass is 32.2. The summed E-state index contributed by atoms with van der Waals surface area (Å²) in [7, 11) is 0. The first-order valence-electron chi connectivity index (χ1n) is 12.8. The van der Waals surface area contributed by atoms with Crippen molar-refractivity contribution < 1.29 is 9.59 Å². The largest absolute Gasteiger partial charge is 0.356 e. The van der Waals surface area contributed by atoms with Crippen LogP contribution >= 0.6 is 11.8 Å². The number of likely N-dealkylation sites (tertiary alicyclic amines) is 1. The van der Waals surface area contributed by atoms with Crippen LogP contribution in [0.4, 0.5) is 0 Å². The molecule has 0 bridgehead atoms. The molecule has 2 amide bonds. The number of para-hydroxylation sites is 1. The third kappa shape index (κ3) is 7.43. The molecule has 0 spiro atoms. The van der Waals surface area contributed by atoms with Crippen molar-refractivity contribution in [3.8, 4) is 5.69 Å². The molecular formula is C28H35N5O2S. The SMILES string of the molecule is Cc1cccc(CSc2nnc(CCCCC(=O)NCCCN3CCCC3=O)n2-c2ccccc2)c1. The fourth-order valence-corrected chi connectivity index (χ4v) is 5.35. The van der Waals surface area contributed by atoms with Crippen LogP contribution in [0.2, 0.25) is 0 Å². The van der Waals surface area contributed by atoms with E-state index in [-0.39, 0.29) is 11.8 Å². The quantitative estimate of drug-likeness (QED) is 0.269. The Kier molecular flexibility index (Phi) is 9.55. The summed E-state index contributed by atoms with van der Waals surface area (Å²) in [4.78, 5) is 25.8. The van der Waals surface area contributed by atoms with Crippen molar-refractivity contribution in [2.45, 2.75) is 62.8 Å². The van der Waals surface area contributed by atoms with Crippen molar-refractivity contribution in [3.05, 3.63) is 71.5 Å². The monoisotopic (exact) mass is 505 g/mol. The molecule has 1 N–H and O–H groups in total. The molecule has 0 aliphatic carbocycles. The van der Waals surface area contributed by atoms with Gasteiger partial charge in [0.2, 0.25) is 11.8 Å². The Morgan fingerprint density at radius 1 is 1.06 bits per heavy atom. The molecule has 2 aromatic carbocycles. The summed E-state index contributed by atoms with van der Waals surface area (Å²) in [5.74, 6) is 2.06. The number of thioether (sulfide) groups is 1. The maximum Gasteiger partial charge on any atom is 0.222 e. The van der Waals surface area contributed by atoms with E-state index < -0.39 is 0 Å². The number of carbonyl (C=O) groups excluding carboxylic acids is 2. The molecule has 7 nitrogen and oxygen atoms in total. The highest BCUT2D eigenvalue weighted by Gasteiger charge is 2.19. The van der Waals surface area contributed by atoms with E-state index >= 15 is 0 Å². The van der Waals surface area contributed by atoms with Gasteiger partial charge in [-0.15, -0.1) is 10.2 Å². The smallest absolute Gasteiger partial charge is 0.222 e. The fraction of sp³-hybridized carbons (Fsp3) is 0.429. The Balaban J connectivity index is 1.25. The summed E-state index contributed by atoms with van der Waals surface area (Å²) in [6.07, 6.45) is 5.34. The van der Waals surface area contributed by atoms with Gasteiger partial charge in [-0.05, 0) is 50.3 Å². The molecule has 36 heavy (non-hydrogen) atoms. The third-order valence-electron chi connectivity index (χ3n) is 6.32. The lowest BCUT2D eigenvalue weighted by atomic mass is 10.1. The van der Waals surface area contributed by atoms with Crippen molar-refractivity contribution in [1.82, 2.24) is 25.0 Å². The fourth-order valence-electron chi connectivity index (χ4n) is 4.44. The van der Waals surface area contributed by atoms with Crippen LogP contribution in [0.1, 0.15) is 55.5 Å². The van der Waals surface area contributed by atoms with Crippen molar-refractivity contribution in [1.29, 1.82) is 0 Å². The minimum atomic E-state index is 0.0710. The standard InChI is InChI=1S/C28H35N5O2S/c1-22-10-7-11-23(20-22)21-36-28-31-30-25(33(28)24-12-3-2-4-13-24)14-5-6-15-26(34)29-17-9-19-32-18-8-16-27(32)35/h2-4,7,10-13,20H,5-6,8-9,14-19,21H2,1H3,(H,29,34). The van der Waals surface area contributed by atoms with Crippen LogP contribution in [0.5, 0.6) is 0 Å². The predicted molar refractivity (Wildman–Crippen MR) is 143 cm³/mol. The molecule has 3 aromatic rings. The summed E-state index contributed by atoms with van der Waals surface area (Å²) in [6.45, 7) is 4.31. The summed E-state index contributed by atoms with van der Waals surface area (Å²) in [5.41, 5.74) is 3.57. The first kappa shape index (κ1) is 25.9. The molecule has 1 aliphatic heterocycles. The molecule has 1 aliphatic rings. The second-order valence-corrected chi connectivity index (χ2v) is 10.2. The topological polar surface area (TPSA) is 80.1 Å². The maximum atomic E-state index is 12.2. The van der Waals surface area contributed by atoms with Gasteiger partial charge in [0, 0.05) is 50.3 Å². The lowest BCUT2D eigenvalue weighted by molar-refractivity contribution is -0.127. The lowest BCUT2D eigenvalue weighted by Crippen LogP contribution is -2.30. The number of aryl methyl sites for hydroxylation is 2. The van der Waals surface area contributed by atoms with Gasteiger partial charge in [0.1, 0.15) is 5.82 Å². The summed E-state index contributed by atoms with van der Waals surface area (Å²) in [6, 6.07) is 18.7. The number of aromatic nitrogens is 3. The Morgan fingerprint density at radius 2 is 1.92 bits per heavy atom. The highest BCUT2D eigenvalue weighted by Crippen LogP contribution is 2.26. The van der Waals surface area contributed by atoms with E-state index in [4.69, 9.17) is 0 Å². The molecule has 1 aromatic heterocycles. The van der Waals surface area contributed by atoms with Crippen molar-refractivity contribution in [3.63, 3.8) is 0 Å². The predicted octanol–water partition coefficient (Wildman–Crippen LogP) is 4.71. The first-order valence-corrected chi connectivity index (χ1v) is 13.8. The van der Waals surface area contributed by atoms with Gasteiger partial charge in [-0.2, -0.15) is 0 Å². The van der Waals surface area contributed by atoms with Gasteiger partial charge in [-0.1, -0.05) is 59.8 Å². The van der Waals surface area contributed by atoms with Crippen LogP contribution < -0.4 is 5.32 Å². The first-order chi connectivity index (χ1) is 17.6. The van der Waals surface area contributed by atoms with E-state index in [2.05, 4.69) is 63.4 Å². The van der Waals surface area contributed by atoms with E-state index in [0.717, 1.165) is 67.6 Å². The molecule has 0 saturated carbocycles. The number of hydrogen-bond donors (Lipinski definition) is 1. The minimum Gasteiger partial charge on any atom is -0.356 e. The van der Waals surface area contributed by atoms with Gasteiger partial charge < -0.3 is 10.2 Å². The molecule has 0 atom stereocenters. The van der Waals surface area contributed by atoms with E-state index in [0.29, 0.717) is 19.4 Å². The van der Waals surface area contributed by atoms with Gasteiger partial charge in [0.15, 0.2) is 5.16 Å². The van der Waals surface area contributed by atoms with E-state index in [1.165, 1.54) is 11.1 Å². The second kappa shape index (κ2) is 13.3. The summed E-state index contributed by atoms with van der Waals surface area (Å²) < 4.78 is 2.14. The highest BCUT2D eigenvalue weighted by molar-refractivity contribution is 7.98. The van der Waals surface area contributed by atoms with Crippen LogP contribution in [0, 0.1) is 6.92 Å². The molecule has 1 fully saturated rings. The molecule has 8 heteroatoms. The number of nitrogens with zero attached hydrogens (tertiary/aromatic N) is 4. The zero-order valence-electron chi connectivity index (χ0n) is 21.0. The molecule has 0 unspecified atom stereocenters. The van der Waals surface area contributed by atoms with Gasteiger partial charge >= 0.3 is 0 Å². The average Bonchev–Trinajstić information content (AvgIpc) is 3.49. The maximum absolute atomic E-state index is 12.2. The van der Waals surface area contributed by atoms with Gasteiger partial charge in [0.05, 0.1) is 0 Å². The number of hydrogen-bond acceptors (Lipinski definition) is 5. The molecular weight excluding hydrogens is 470 g/mol. The summed E-state index contributed by atoms with van der Waals surface area (Å²) >= 11 is 1.69. The van der Waals surface area contributed by atoms with E-state index in [1.54, 1.807) is 11.8 Å². The van der Waals surface area contributed by atoms with Gasteiger partial charge in [-0.3, -0.25) is 14.2 Å². The third-order valence-corrected chi connectivity index (χ3v) is 7.32. The summed E-state index contributed by atoms with van der Waals surface area (Å²) in [5, 5.41) is 12.9. The van der Waals surface area contributed by atoms with Crippen LogP contribution in [0.25, 0.3) is 5.69 Å². The normalized spacial score (nSPS) is 13.4. The van der Waals surface area contributed by atoms with Crippen molar-refractivity contribution >= 4 is 23.6 Å². The van der Waals surface area contributed by atoms with E-state index in [9.17, 15) is 9.59 Å². The second-order valence-electron chi connectivity index (χ2n) is 9.24. The number of nitrogens with one attached hydrogen (secondary N) is 1. The Bertz CT molecular complexity index is 1150. The number of carbonyl (C=O) groups is 2. The zero-order valence-corrected chi connectivity index (χ0v) is 21.8. The van der Waals surface area contributed by atoms with Crippen LogP contribution in [-0.4, -0.2) is 51.1 Å². The minimum absolute atomic E-state index is 0.0710. The lowest BCUT2D eigenvalue weighted by Gasteiger charge is -2.15. The van der Waals surface area contributed by atoms with Crippen LogP contribution in [0.15, 0.2) is 59.8 Å². The molecule has 4 rings (SSSR count). The number of rotatable bonds is 13. The molecule has 190 valence electrons. The molecule has 1 saturated heterocycles. The van der Waals surface area contributed by atoms with Crippen LogP contribution in [0.3, 0.4) is 0 Å². The van der Waals surface area contributed by atoms with Gasteiger partial charge in [-0.25, -0.2) is 0 Å². The number of amides is 2. The van der Waals surface area contributed by atoms with Gasteiger partial charge in [0.25, 0.3) is 0 Å². The van der Waals surface area contributed by atoms with Crippen LogP contribution in [-0.2, 0) is 21.8 Å². The number of benzene rings is 2. The molecule has 2 heterocycles. The van der Waals surface area contributed by atoms with E-state index in [1.807, 2.05) is 23.1 Å². The Labute approximate surface area is 217 Å². The molecule has 0 radical (unpaired) electrons. The van der Waals surface area contributed by atoms with Crippen molar-refractivity contribution in [2.75, 3.05) is 19.6 Å². The van der Waals surface area contributed by atoms with Crippen molar-refractivity contribution in [2.24, 2.45) is 0 Å². The Hall–Kier alpha value is -3.13. The average molecular weight is 506 g/mol.